The summed E-state index contributed by atoms with van der Waals surface area (Å²) in [5, 5.41) is 3.68. The van der Waals surface area contributed by atoms with E-state index < -0.39 is 0 Å². The van der Waals surface area contributed by atoms with E-state index in [0.717, 1.165) is 11.1 Å². The monoisotopic (exact) mass is 374 g/mol. The maximum atomic E-state index is 12.5. The van der Waals surface area contributed by atoms with Crippen LogP contribution in [0.2, 0.25) is 10.0 Å². The summed E-state index contributed by atoms with van der Waals surface area (Å²) in [5.74, 6) is -0.339. The predicted octanol–water partition coefficient (Wildman–Crippen LogP) is 4.90. The maximum absolute atomic E-state index is 12.5. The lowest BCUT2D eigenvalue weighted by Crippen LogP contribution is -2.33. The van der Waals surface area contributed by atoms with Gasteiger partial charge in [0, 0.05) is 28.9 Å². The highest BCUT2D eigenvalue weighted by Gasteiger charge is 2.28. The molecule has 2 aromatic rings. The number of nitrogens with zero attached hydrogens (tertiary/aromatic N) is 1. The van der Waals surface area contributed by atoms with Gasteiger partial charge in [0.25, 0.3) is 0 Å². The first kappa shape index (κ1) is 17.5. The van der Waals surface area contributed by atoms with Crippen LogP contribution >= 0.6 is 23.2 Å². The zero-order valence-corrected chi connectivity index (χ0v) is 15.0. The SMILES string of the molecule is CC(=O)N1C=Cc2ccccc2C1CC(=O)Nc1cc(Cl)cc(Cl)c1. The fraction of sp³-hybridized carbons (Fsp3) is 0.158. The maximum Gasteiger partial charge on any atom is 0.226 e. The molecular weight excluding hydrogens is 359 g/mol. The normalized spacial score (nSPS) is 15.6. The van der Waals surface area contributed by atoms with Crippen LogP contribution in [0.25, 0.3) is 6.08 Å². The Morgan fingerprint density at radius 2 is 1.80 bits per heavy atom. The Kier molecular flexibility index (Phi) is 5.11. The van der Waals surface area contributed by atoms with Crippen molar-refractivity contribution in [2.75, 3.05) is 5.32 Å². The van der Waals surface area contributed by atoms with Gasteiger partial charge in [0.05, 0.1) is 12.5 Å². The van der Waals surface area contributed by atoms with Crippen molar-refractivity contribution in [2.24, 2.45) is 0 Å². The van der Waals surface area contributed by atoms with E-state index in [1.165, 1.54) is 6.92 Å². The van der Waals surface area contributed by atoms with E-state index in [0.29, 0.717) is 15.7 Å². The Hall–Kier alpha value is -2.30. The van der Waals surface area contributed by atoms with Crippen LogP contribution in [0, 0.1) is 0 Å². The van der Waals surface area contributed by atoms with Crippen LogP contribution in [-0.4, -0.2) is 16.7 Å². The number of fused-ring (bicyclic) bond motifs is 1. The molecule has 25 heavy (non-hydrogen) atoms. The van der Waals surface area contributed by atoms with E-state index in [9.17, 15) is 9.59 Å². The molecule has 1 atom stereocenters. The number of hydrogen-bond acceptors (Lipinski definition) is 2. The minimum atomic E-state index is -0.353. The third-order valence-electron chi connectivity index (χ3n) is 3.99. The summed E-state index contributed by atoms with van der Waals surface area (Å²) in [7, 11) is 0. The van der Waals surface area contributed by atoms with Crippen molar-refractivity contribution in [3.63, 3.8) is 0 Å². The highest BCUT2D eigenvalue weighted by atomic mass is 35.5. The molecule has 0 spiro atoms. The Morgan fingerprint density at radius 3 is 2.48 bits per heavy atom. The van der Waals surface area contributed by atoms with E-state index in [-0.39, 0.29) is 24.3 Å². The summed E-state index contributed by atoms with van der Waals surface area (Å²) in [4.78, 5) is 26.1. The van der Waals surface area contributed by atoms with E-state index >= 15 is 0 Å². The summed E-state index contributed by atoms with van der Waals surface area (Å²) < 4.78 is 0. The van der Waals surface area contributed by atoms with E-state index in [4.69, 9.17) is 23.2 Å². The number of hydrogen-bond donors (Lipinski definition) is 1. The molecule has 0 saturated carbocycles. The lowest BCUT2D eigenvalue weighted by Gasteiger charge is -2.32. The van der Waals surface area contributed by atoms with Crippen molar-refractivity contribution < 1.29 is 9.59 Å². The second-order valence-corrected chi connectivity index (χ2v) is 6.67. The first-order valence-corrected chi connectivity index (χ1v) is 8.51. The second kappa shape index (κ2) is 7.30. The molecular formula is C19H16Cl2N2O2. The van der Waals surface area contributed by atoms with Gasteiger partial charge in [0.1, 0.15) is 0 Å². The van der Waals surface area contributed by atoms with E-state index in [1.54, 1.807) is 29.3 Å². The molecule has 2 aromatic carbocycles. The van der Waals surface area contributed by atoms with Crippen molar-refractivity contribution in [3.05, 3.63) is 69.8 Å². The van der Waals surface area contributed by atoms with Gasteiger partial charge in [-0.25, -0.2) is 0 Å². The second-order valence-electron chi connectivity index (χ2n) is 5.80. The first-order valence-electron chi connectivity index (χ1n) is 7.76. The number of halogens is 2. The van der Waals surface area contributed by atoms with Gasteiger partial charge in [-0.15, -0.1) is 0 Å². The molecule has 6 heteroatoms. The molecule has 1 aliphatic rings. The van der Waals surface area contributed by atoms with E-state index in [1.807, 2.05) is 30.3 Å². The van der Waals surface area contributed by atoms with Crippen molar-refractivity contribution in [2.45, 2.75) is 19.4 Å². The third kappa shape index (κ3) is 4.03. The Bertz CT molecular complexity index is 844. The Morgan fingerprint density at radius 1 is 1.12 bits per heavy atom. The van der Waals surface area contributed by atoms with Crippen LogP contribution in [0.4, 0.5) is 5.69 Å². The largest absolute Gasteiger partial charge is 0.326 e. The van der Waals surface area contributed by atoms with Crippen LogP contribution in [0.3, 0.4) is 0 Å². The number of nitrogens with one attached hydrogen (secondary N) is 1. The molecule has 0 radical (unpaired) electrons. The Labute approximate surface area is 156 Å². The fourth-order valence-corrected chi connectivity index (χ4v) is 3.45. The van der Waals surface area contributed by atoms with Gasteiger partial charge in [-0.1, -0.05) is 47.5 Å². The lowest BCUT2D eigenvalue weighted by atomic mass is 9.93. The molecule has 0 bridgehead atoms. The van der Waals surface area contributed by atoms with Gasteiger partial charge >= 0.3 is 0 Å². The minimum Gasteiger partial charge on any atom is -0.326 e. The average molecular weight is 375 g/mol. The molecule has 1 heterocycles. The van der Waals surface area contributed by atoms with Crippen molar-refractivity contribution in [1.82, 2.24) is 4.90 Å². The molecule has 2 amide bonds. The Balaban J connectivity index is 1.82. The molecule has 0 aromatic heterocycles. The van der Waals surface area contributed by atoms with Crippen LogP contribution in [0.15, 0.2) is 48.7 Å². The molecule has 3 rings (SSSR count). The zero-order chi connectivity index (χ0) is 18.0. The summed E-state index contributed by atoms with van der Waals surface area (Å²) in [6.07, 6.45) is 3.73. The molecule has 4 nitrogen and oxygen atoms in total. The van der Waals surface area contributed by atoms with Gasteiger partial charge in [0.15, 0.2) is 0 Å². The standard InChI is InChI=1S/C19H16Cl2N2O2/c1-12(24)23-7-6-13-4-2-3-5-17(13)18(23)11-19(25)22-16-9-14(20)8-15(21)10-16/h2-10,18H,11H2,1H3,(H,22,25). The smallest absolute Gasteiger partial charge is 0.226 e. The summed E-state index contributed by atoms with van der Waals surface area (Å²) in [6.45, 7) is 1.49. The van der Waals surface area contributed by atoms with Gasteiger partial charge in [0.2, 0.25) is 11.8 Å². The van der Waals surface area contributed by atoms with Gasteiger partial charge < -0.3 is 10.2 Å². The first-order chi connectivity index (χ1) is 11.9. The number of carbonyl (C=O) groups is 2. The number of amides is 2. The van der Waals surface area contributed by atoms with E-state index in [2.05, 4.69) is 5.32 Å². The highest BCUT2D eigenvalue weighted by molar-refractivity contribution is 6.35. The summed E-state index contributed by atoms with van der Waals surface area (Å²) >= 11 is 11.9. The van der Waals surface area contributed by atoms with Crippen LogP contribution in [-0.2, 0) is 9.59 Å². The van der Waals surface area contributed by atoms with Gasteiger partial charge in [-0.2, -0.15) is 0 Å². The lowest BCUT2D eigenvalue weighted by molar-refractivity contribution is -0.129. The number of benzene rings is 2. The highest BCUT2D eigenvalue weighted by Crippen LogP contribution is 2.33. The third-order valence-corrected chi connectivity index (χ3v) is 4.43. The van der Waals surface area contributed by atoms with Gasteiger partial charge in [-0.3, -0.25) is 9.59 Å². The van der Waals surface area contributed by atoms with Crippen LogP contribution in [0.5, 0.6) is 0 Å². The number of rotatable bonds is 3. The summed E-state index contributed by atoms with van der Waals surface area (Å²) in [5.41, 5.74) is 2.47. The zero-order valence-electron chi connectivity index (χ0n) is 13.5. The molecule has 0 fully saturated rings. The topological polar surface area (TPSA) is 49.4 Å². The molecule has 1 N–H and O–H groups in total. The van der Waals surface area contributed by atoms with Crippen molar-refractivity contribution in [1.29, 1.82) is 0 Å². The van der Waals surface area contributed by atoms with Crippen LogP contribution < -0.4 is 5.32 Å². The van der Waals surface area contributed by atoms with Crippen molar-refractivity contribution >= 4 is 46.8 Å². The van der Waals surface area contributed by atoms with Crippen LogP contribution in [0.1, 0.15) is 30.5 Å². The predicted molar refractivity (Wildman–Crippen MR) is 100 cm³/mol. The minimum absolute atomic E-state index is 0.116. The fourth-order valence-electron chi connectivity index (χ4n) is 2.93. The molecule has 1 unspecified atom stereocenters. The number of anilines is 1. The average Bonchev–Trinajstić information content (AvgIpc) is 2.53. The molecule has 0 aliphatic carbocycles. The molecule has 128 valence electrons. The quantitative estimate of drug-likeness (QED) is 0.830. The van der Waals surface area contributed by atoms with Gasteiger partial charge in [-0.05, 0) is 35.4 Å². The molecule has 1 aliphatic heterocycles. The van der Waals surface area contributed by atoms with Crippen molar-refractivity contribution in [3.8, 4) is 0 Å². The molecule has 0 saturated heterocycles. The summed E-state index contributed by atoms with van der Waals surface area (Å²) in [6, 6.07) is 12.2. The number of carbonyl (C=O) groups excluding carboxylic acids is 2.